The molecule has 7 heteroatoms. The van der Waals surface area contributed by atoms with Crippen molar-refractivity contribution in [1.29, 1.82) is 0 Å². The zero-order valence-corrected chi connectivity index (χ0v) is 19.7. The van der Waals surface area contributed by atoms with Crippen LogP contribution in [0.3, 0.4) is 0 Å². The maximum atomic E-state index is 12.7. The van der Waals surface area contributed by atoms with Crippen molar-refractivity contribution in [2.75, 3.05) is 10.0 Å². The second kappa shape index (κ2) is 9.44. The Morgan fingerprint density at radius 2 is 1.41 bits per heavy atom. The number of amides is 1. The van der Waals surface area contributed by atoms with E-state index in [2.05, 4.69) is 10.0 Å². The van der Waals surface area contributed by atoms with Crippen LogP contribution in [0.15, 0.2) is 65.6 Å². The third-order valence-corrected chi connectivity index (χ3v) is 6.47. The van der Waals surface area contributed by atoms with E-state index in [1.54, 1.807) is 31.2 Å². The Morgan fingerprint density at radius 1 is 0.812 bits per heavy atom. The summed E-state index contributed by atoms with van der Waals surface area (Å²) in [7, 11) is -3.74. The number of carbonyl (C=O) groups is 1. The van der Waals surface area contributed by atoms with Gasteiger partial charge in [-0.25, -0.2) is 8.42 Å². The average Bonchev–Trinajstić information content (AvgIpc) is 2.70. The number of ether oxygens (including phenoxy) is 1. The van der Waals surface area contributed by atoms with Crippen molar-refractivity contribution in [1.82, 2.24) is 0 Å². The second-order valence-electron chi connectivity index (χ2n) is 8.00. The predicted octanol–water partition coefficient (Wildman–Crippen LogP) is 5.13. The van der Waals surface area contributed by atoms with Gasteiger partial charge in [-0.3, -0.25) is 9.52 Å². The maximum absolute atomic E-state index is 12.7. The molecule has 0 unspecified atom stereocenters. The van der Waals surface area contributed by atoms with E-state index in [4.69, 9.17) is 4.74 Å². The maximum Gasteiger partial charge on any atom is 0.265 e. The molecule has 0 spiro atoms. The van der Waals surface area contributed by atoms with Crippen LogP contribution >= 0.6 is 0 Å². The first-order chi connectivity index (χ1) is 15.0. The van der Waals surface area contributed by atoms with Crippen LogP contribution in [0.1, 0.15) is 29.2 Å². The number of hydrogen-bond acceptors (Lipinski definition) is 4. The number of hydrogen-bond donors (Lipinski definition) is 2. The topological polar surface area (TPSA) is 84.5 Å². The Bertz CT molecular complexity index is 1220. The molecule has 1 amide bonds. The van der Waals surface area contributed by atoms with Crippen molar-refractivity contribution < 1.29 is 17.9 Å². The van der Waals surface area contributed by atoms with Crippen LogP contribution in [0.2, 0.25) is 0 Å². The normalized spacial score (nSPS) is 12.2. The molecule has 0 bridgehead atoms. The van der Waals surface area contributed by atoms with Gasteiger partial charge in [-0.1, -0.05) is 12.1 Å². The van der Waals surface area contributed by atoms with Crippen LogP contribution in [0.25, 0.3) is 0 Å². The monoisotopic (exact) mass is 452 g/mol. The Labute approximate surface area is 189 Å². The van der Waals surface area contributed by atoms with E-state index in [0.29, 0.717) is 17.1 Å². The molecule has 0 aliphatic carbocycles. The summed E-state index contributed by atoms with van der Waals surface area (Å²) in [5.41, 5.74) is 5.18. The van der Waals surface area contributed by atoms with E-state index in [0.717, 1.165) is 22.3 Å². The third-order valence-electron chi connectivity index (χ3n) is 5.07. The number of carbonyl (C=O) groups excluding carboxylic acids is 1. The minimum absolute atomic E-state index is 0.105. The van der Waals surface area contributed by atoms with E-state index in [1.807, 2.05) is 52.0 Å². The van der Waals surface area contributed by atoms with Crippen LogP contribution in [-0.4, -0.2) is 20.4 Å². The van der Waals surface area contributed by atoms with Crippen molar-refractivity contribution in [3.63, 3.8) is 0 Å². The van der Waals surface area contributed by atoms with Gasteiger partial charge in [-0.15, -0.1) is 0 Å². The zero-order valence-electron chi connectivity index (χ0n) is 18.9. The molecule has 0 fully saturated rings. The Balaban J connectivity index is 1.65. The fraction of sp³-hybridized carbons (Fsp3) is 0.240. The first-order valence-corrected chi connectivity index (χ1v) is 11.8. The summed E-state index contributed by atoms with van der Waals surface area (Å²) < 4.78 is 33.7. The minimum Gasteiger partial charge on any atom is -0.481 e. The van der Waals surface area contributed by atoms with Crippen molar-refractivity contribution in [2.24, 2.45) is 0 Å². The van der Waals surface area contributed by atoms with Crippen LogP contribution in [0, 0.1) is 27.7 Å². The van der Waals surface area contributed by atoms with Gasteiger partial charge in [0.1, 0.15) is 5.75 Å². The zero-order chi connectivity index (χ0) is 23.5. The van der Waals surface area contributed by atoms with Crippen LogP contribution in [-0.2, 0) is 14.8 Å². The Hall–Kier alpha value is -3.32. The predicted molar refractivity (Wildman–Crippen MR) is 128 cm³/mol. The molecule has 1 atom stereocenters. The highest BCUT2D eigenvalue weighted by molar-refractivity contribution is 7.92. The molecule has 0 aromatic heterocycles. The highest BCUT2D eigenvalue weighted by atomic mass is 32.2. The molecule has 0 aliphatic rings. The van der Waals surface area contributed by atoms with Crippen molar-refractivity contribution in [3.8, 4) is 5.75 Å². The highest BCUT2D eigenvalue weighted by Gasteiger charge is 2.17. The van der Waals surface area contributed by atoms with Crippen molar-refractivity contribution in [3.05, 3.63) is 82.9 Å². The molecule has 2 N–H and O–H groups in total. The molecule has 3 aromatic carbocycles. The van der Waals surface area contributed by atoms with Gasteiger partial charge in [0.25, 0.3) is 15.9 Å². The first kappa shape index (κ1) is 23.3. The first-order valence-electron chi connectivity index (χ1n) is 10.3. The largest absolute Gasteiger partial charge is 0.481 e. The molecule has 3 aromatic rings. The summed E-state index contributed by atoms with van der Waals surface area (Å²) in [6, 6.07) is 17.2. The standard InChI is InChI=1S/C25H28N2O4S/c1-16-12-17(2)14-23(13-16)31-20(5)25(28)26-21-8-10-24(11-9-21)32(29,30)27-22-7-6-18(3)19(4)15-22/h6-15,20,27H,1-5H3,(H,26,28)/t20-/m1/s1. The number of aryl methyl sites for hydroxylation is 4. The SMILES string of the molecule is Cc1cc(C)cc(O[C@H](C)C(=O)Nc2ccc(S(=O)(=O)Nc3ccc(C)c(C)c3)cc2)c1. The summed E-state index contributed by atoms with van der Waals surface area (Å²) in [5.74, 6) is 0.303. The van der Waals surface area contributed by atoms with Gasteiger partial charge >= 0.3 is 0 Å². The fourth-order valence-corrected chi connectivity index (χ4v) is 4.29. The van der Waals surface area contributed by atoms with Gasteiger partial charge in [0, 0.05) is 11.4 Å². The van der Waals surface area contributed by atoms with Crippen molar-refractivity contribution in [2.45, 2.75) is 45.6 Å². The van der Waals surface area contributed by atoms with E-state index in [-0.39, 0.29) is 10.8 Å². The molecule has 0 heterocycles. The molecule has 0 saturated carbocycles. The van der Waals surface area contributed by atoms with Gasteiger partial charge in [0.15, 0.2) is 6.10 Å². The molecular weight excluding hydrogens is 424 g/mol. The van der Waals surface area contributed by atoms with Crippen LogP contribution in [0.4, 0.5) is 11.4 Å². The Kier molecular flexibility index (Phi) is 6.89. The number of nitrogens with one attached hydrogen (secondary N) is 2. The molecule has 0 aliphatic heterocycles. The lowest BCUT2D eigenvalue weighted by Gasteiger charge is -2.16. The second-order valence-corrected chi connectivity index (χ2v) is 9.68. The third kappa shape index (κ3) is 5.88. The molecule has 3 rings (SSSR count). The van der Waals surface area contributed by atoms with Crippen LogP contribution < -0.4 is 14.8 Å². The number of benzene rings is 3. The number of sulfonamides is 1. The van der Waals surface area contributed by atoms with Gasteiger partial charge in [-0.2, -0.15) is 0 Å². The summed E-state index contributed by atoms with van der Waals surface area (Å²) in [6.07, 6.45) is -0.717. The summed E-state index contributed by atoms with van der Waals surface area (Å²) in [6.45, 7) is 9.49. The van der Waals surface area contributed by atoms with Crippen molar-refractivity contribution >= 4 is 27.3 Å². The van der Waals surface area contributed by atoms with Gasteiger partial charge in [0.05, 0.1) is 4.90 Å². The lowest BCUT2D eigenvalue weighted by molar-refractivity contribution is -0.122. The smallest absolute Gasteiger partial charge is 0.265 e. The summed E-state index contributed by atoms with van der Waals surface area (Å²) >= 11 is 0. The van der Waals surface area contributed by atoms with E-state index < -0.39 is 16.1 Å². The van der Waals surface area contributed by atoms with Gasteiger partial charge in [-0.05, 0) is 105 Å². The summed E-state index contributed by atoms with van der Waals surface area (Å²) in [5, 5.41) is 2.75. The highest BCUT2D eigenvalue weighted by Crippen LogP contribution is 2.21. The molecule has 32 heavy (non-hydrogen) atoms. The molecule has 0 radical (unpaired) electrons. The lowest BCUT2D eigenvalue weighted by atomic mass is 10.1. The number of anilines is 2. The Morgan fingerprint density at radius 3 is 2.00 bits per heavy atom. The van der Waals surface area contributed by atoms with Gasteiger partial charge in [0.2, 0.25) is 0 Å². The van der Waals surface area contributed by atoms with E-state index in [1.165, 1.54) is 12.1 Å². The van der Waals surface area contributed by atoms with Gasteiger partial charge < -0.3 is 10.1 Å². The molecule has 6 nitrogen and oxygen atoms in total. The van der Waals surface area contributed by atoms with E-state index >= 15 is 0 Å². The number of rotatable bonds is 7. The quantitative estimate of drug-likeness (QED) is 0.521. The molecule has 168 valence electrons. The molecular formula is C25H28N2O4S. The fourth-order valence-electron chi connectivity index (χ4n) is 3.24. The van der Waals surface area contributed by atoms with E-state index in [9.17, 15) is 13.2 Å². The summed E-state index contributed by atoms with van der Waals surface area (Å²) in [4.78, 5) is 12.6. The van der Waals surface area contributed by atoms with Crippen LogP contribution in [0.5, 0.6) is 5.75 Å². The molecule has 0 saturated heterocycles. The average molecular weight is 453 g/mol. The minimum atomic E-state index is -3.74. The lowest BCUT2D eigenvalue weighted by Crippen LogP contribution is -2.30.